The molecule has 0 aliphatic rings. The van der Waals surface area contributed by atoms with Crippen LogP contribution in [0.1, 0.15) is 20.3 Å². The number of hydrogen-bond donors (Lipinski definition) is 1. The predicted molar refractivity (Wildman–Crippen MR) is 76.6 cm³/mol. The molecule has 2 aromatic rings. The van der Waals surface area contributed by atoms with Crippen molar-refractivity contribution in [2.24, 2.45) is 0 Å². The van der Waals surface area contributed by atoms with Gasteiger partial charge in [0.1, 0.15) is 0 Å². The predicted octanol–water partition coefficient (Wildman–Crippen LogP) is 2.35. The Labute approximate surface area is 108 Å². The van der Waals surface area contributed by atoms with Gasteiger partial charge in [0.25, 0.3) is 0 Å². The standard InChI is InChI=1S/C14H22N4/c1-3-17(4-2)8-5-9-18-11-16-13-10-12(15)6-7-14(13)18/h6-7,10-11H,3-5,8-9,15H2,1-2H3. The van der Waals surface area contributed by atoms with Crippen molar-refractivity contribution in [1.82, 2.24) is 14.5 Å². The zero-order valence-corrected chi connectivity index (χ0v) is 11.3. The molecular formula is C14H22N4. The number of fused-ring (bicyclic) bond motifs is 1. The van der Waals surface area contributed by atoms with Crippen LogP contribution in [0.15, 0.2) is 24.5 Å². The molecule has 4 heteroatoms. The summed E-state index contributed by atoms with van der Waals surface area (Å²) in [5.41, 5.74) is 8.68. The van der Waals surface area contributed by atoms with Crippen molar-refractivity contribution >= 4 is 16.7 Å². The molecule has 0 atom stereocenters. The fourth-order valence-electron chi connectivity index (χ4n) is 2.26. The monoisotopic (exact) mass is 246 g/mol. The van der Waals surface area contributed by atoms with E-state index in [0.717, 1.165) is 43.8 Å². The Hall–Kier alpha value is -1.55. The van der Waals surface area contributed by atoms with E-state index in [2.05, 4.69) is 34.4 Å². The first-order valence-electron chi connectivity index (χ1n) is 6.67. The molecule has 1 heterocycles. The lowest BCUT2D eigenvalue weighted by atomic mass is 10.2. The zero-order chi connectivity index (χ0) is 13.0. The van der Waals surface area contributed by atoms with Gasteiger partial charge in [-0.05, 0) is 44.3 Å². The van der Waals surface area contributed by atoms with E-state index in [1.165, 1.54) is 5.52 Å². The van der Waals surface area contributed by atoms with Crippen molar-refractivity contribution in [3.8, 4) is 0 Å². The Balaban J connectivity index is 2.00. The fourth-order valence-corrected chi connectivity index (χ4v) is 2.26. The first-order chi connectivity index (χ1) is 8.74. The highest BCUT2D eigenvalue weighted by Gasteiger charge is 2.03. The Kier molecular flexibility index (Phi) is 4.20. The molecule has 1 aromatic carbocycles. The first kappa shape index (κ1) is 12.9. The quantitative estimate of drug-likeness (QED) is 0.796. The van der Waals surface area contributed by atoms with Gasteiger partial charge in [-0.3, -0.25) is 0 Å². The number of aromatic nitrogens is 2. The summed E-state index contributed by atoms with van der Waals surface area (Å²) in [6, 6.07) is 5.91. The molecule has 0 saturated carbocycles. The molecule has 0 bridgehead atoms. The number of anilines is 1. The third-order valence-corrected chi connectivity index (χ3v) is 3.41. The smallest absolute Gasteiger partial charge is 0.0958 e. The molecule has 0 spiro atoms. The normalized spacial score (nSPS) is 11.5. The van der Waals surface area contributed by atoms with E-state index >= 15 is 0 Å². The molecule has 0 aliphatic heterocycles. The maximum Gasteiger partial charge on any atom is 0.0958 e. The van der Waals surface area contributed by atoms with Crippen LogP contribution in [0.3, 0.4) is 0 Å². The zero-order valence-electron chi connectivity index (χ0n) is 11.3. The van der Waals surface area contributed by atoms with Crippen LogP contribution in [0, 0.1) is 0 Å². The average molecular weight is 246 g/mol. The number of nitrogen functional groups attached to an aromatic ring is 1. The SMILES string of the molecule is CCN(CC)CCCn1cnc2cc(N)ccc21. The summed E-state index contributed by atoms with van der Waals surface area (Å²) in [4.78, 5) is 6.83. The number of nitrogens with two attached hydrogens (primary N) is 1. The number of imidazole rings is 1. The van der Waals surface area contributed by atoms with Gasteiger partial charge in [0.15, 0.2) is 0 Å². The average Bonchev–Trinajstić information content (AvgIpc) is 2.77. The number of rotatable bonds is 6. The van der Waals surface area contributed by atoms with E-state index in [4.69, 9.17) is 5.73 Å². The maximum absolute atomic E-state index is 5.75. The van der Waals surface area contributed by atoms with Crippen LogP contribution in [0.5, 0.6) is 0 Å². The van der Waals surface area contributed by atoms with Gasteiger partial charge in [-0.15, -0.1) is 0 Å². The summed E-state index contributed by atoms with van der Waals surface area (Å²) < 4.78 is 2.21. The van der Waals surface area contributed by atoms with E-state index in [1.807, 2.05) is 18.5 Å². The Morgan fingerprint density at radius 3 is 2.78 bits per heavy atom. The fraction of sp³-hybridized carbons (Fsp3) is 0.500. The topological polar surface area (TPSA) is 47.1 Å². The number of hydrogen-bond acceptors (Lipinski definition) is 3. The number of nitrogens with zero attached hydrogens (tertiary/aromatic N) is 3. The summed E-state index contributed by atoms with van der Waals surface area (Å²) in [5.74, 6) is 0. The van der Waals surface area contributed by atoms with Gasteiger partial charge in [0, 0.05) is 12.2 Å². The molecule has 0 aliphatic carbocycles. The second-order valence-electron chi connectivity index (χ2n) is 4.57. The van der Waals surface area contributed by atoms with E-state index in [0.29, 0.717) is 0 Å². The molecule has 2 rings (SSSR count). The summed E-state index contributed by atoms with van der Waals surface area (Å²) in [6.45, 7) is 8.81. The Morgan fingerprint density at radius 1 is 1.28 bits per heavy atom. The second kappa shape index (κ2) is 5.87. The van der Waals surface area contributed by atoms with Crippen LogP contribution in [0.4, 0.5) is 5.69 Å². The minimum atomic E-state index is 0.774. The lowest BCUT2D eigenvalue weighted by Gasteiger charge is -2.17. The Bertz CT molecular complexity index is 499. The summed E-state index contributed by atoms with van der Waals surface area (Å²) in [5, 5.41) is 0. The van der Waals surface area contributed by atoms with Crippen LogP contribution >= 0.6 is 0 Å². The molecule has 2 N–H and O–H groups in total. The largest absolute Gasteiger partial charge is 0.399 e. The molecule has 98 valence electrons. The van der Waals surface area contributed by atoms with Crippen molar-refractivity contribution in [3.05, 3.63) is 24.5 Å². The van der Waals surface area contributed by atoms with Crippen LogP contribution < -0.4 is 5.73 Å². The van der Waals surface area contributed by atoms with Crippen LogP contribution in [0.2, 0.25) is 0 Å². The molecule has 0 fully saturated rings. The molecule has 0 saturated heterocycles. The summed E-state index contributed by atoms with van der Waals surface area (Å²) in [6.07, 6.45) is 3.06. The van der Waals surface area contributed by atoms with Crippen molar-refractivity contribution in [3.63, 3.8) is 0 Å². The lowest BCUT2D eigenvalue weighted by molar-refractivity contribution is 0.294. The molecule has 18 heavy (non-hydrogen) atoms. The van der Waals surface area contributed by atoms with Crippen molar-refractivity contribution in [2.75, 3.05) is 25.4 Å². The Morgan fingerprint density at radius 2 is 2.06 bits per heavy atom. The number of benzene rings is 1. The van der Waals surface area contributed by atoms with Gasteiger partial charge in [0.2, 0.25) is 0 Å². The number of aryl methyl sites for hydroxylation is 1. The third-order valence-electron chi connectivity index (χ3n) is 3.41. The molecule has 1 aromatic heterocycles. The van der Waals surface area contributed by atoms with E-state index in [9.17, 15) is 0 Å². The third kappa shape index (κ3) is 2.82. The second-order valence-corrected chi connectivity index (χ2v) is 4.57. The van der Waals surface area contributed by atoms with Crippen LogP contribution in [0.25, 0.3) is 11.0 Å². The summed E-state index contributed by atoms with van der Waals surface area (Å²) in [7, 11) is 0. The van der Waals surface area contributed by atoms with Gasteiger partial charge in [-0.25, -0.2) is 4.98 Å². The highest BCUT2D eigenvalue weighted by atomic mass is 15.1. The van der Waals surface area contributed by atoms with E-state index < -0.39 is 0 Å². The minimum absolute atomic E-state index is 0.774. The maximum atomic E-state index is 5.75. The van der Waals surface area contributed by atoms with Gasteiger partial charge in [-0.1, -0.05) is 13.8 Å². The lowest BCUT2D eigenvalue weighted by Crippen LogP contribution is -2.24. The van der Waals surface area contributed by atoms with Crippen molar-refractivity contribution in [1.29, 1.82) is 0 Å². The summed E-state index contributed by atoms with van der Waals surface area (Å²) >= 11 is 0. The van der Waals surface area contributed by atoms with Gasteiger partial charge < -0.3 is 15.2 Å². The van der Waals surface area contributed by atoms with Crippen molar-refractivity contribution in [2.45, 2.75) is 26.8 Å². The molecular weight excluding hydrogens is 224 g/mol. The highest BCUT2D eigenvalue weighted by Crippen LogP contribution is 2.16. The highest BCUT2D eigenvalue weighted by molar-refractivity contribution is 5.78. The van der Waals surface area contributed by atoms with Crippen LogP contribution in [-0.4, -0.2) is 34.1 Å². The van der Waals surface area contributed by atoms with Crippen LogP contribution in [-0.2, 0) is 6.54 Å². The molecule has 0 radical (unpaired) electrons. The molecule has 4 nitrogen and oxygen atoms in total. The minimum Gasteiger partial charge on any atom is -0.399 e. The van der Waals surface area contributed by atoms with E-state index in [1.54, 1.807) is 0 Å². The first-order valence-corrected chi connectivity index (χ1v) is 6.67. The molecule has 0 unspecified atom stereocenters. The van der Waals surface area contributed by atoms with Gasteiger partial charge >= 0.3 is 0 Å². The van der Waals surface area contributed by atoms with Gasteiger partial charge in [-0.2, -0.15) is 0 Å². The van der Waals surface area contributed by atoms with E-state index in [-0.39, 0.29) is 0 Å². The molecule has 0 amide bonds. The van der Waals surface area contributed by atoms with Gasteiger partial charge in [0.05, 0.1) is 17.4 Å². The van der Waals surface area contributed by atoms with Crippen molar-refractivity contribution < 1.29 is 0 Å².